The monoisotopic (exact) mass is 231 g/mol. The van der Waals surface area contributed by atoms with Gasteiger partial charge in [0.2, 0.25) is 0 Å². The zero-order valence-corrected chi connectivity index (χ0v) is 10.2. The molecule has 82 valence electrons. The second-order valence-electron chi connectivity index (χ2n) is 4.01. The average molecular weight is 232 g/mol. The summed E-state index contributed by atoms with van der Waals surface area (Å²) in [5.41, 5.74) is 11.4. The molecule has 0 spiro atoms. The summed E-state index contributed by atoms with van der Waals surface area (Å²) in [4.78, 5) is 0. The fourth-order valence-electron chi connectivity index (χ4n) is 1.70. The summed E-state index contributed by atoms with van der Waals surface area (Å²) in [6, 6.07) is 11.9. The number of anilines is 1. The summed E-state index contributed by atoms with van der Waals surface area (Å²) in [5.74, 6) is 0. The summed E-state index contributed by atoms with van der Waals surface area (Å²) in [6.07, 6.45) is 0. The molecule has 2 rings (SSSR count). The van der Waals surface area contributed by atoms with Gasteiger partial charge in [-0.2, -0.15) is 0 Å². The smallest absolute Gasteiger partial charge is 0.0406 e. The van der Waals surface area contributed by atoms with Crippen molar-refractivity contribution < 1.29 is 0 Å². The average Bonchev–Trinajstić information content (AvgIpc) is 2.26. The molecule has 0 saturated carbocycles. The minimum absolute atomic E-state index is 0.751. The van der Waals surface area contributed by atoms with Gasteiger partial charge in [0.05, 0.1) is 0 Å². The highest BCUT2D eigenvalue weighted by Gasteiger charge is 2.03. The molecule has 0 atom stereocenters. The van der Waals surface area contributed by atoms with Crippen LogP contribution in [0.25, 0.3) is 11.1 Å². The van der Waals surface area contributed by atoms with E-state index in [1.165, 1.54) is 5.56 Å². The second kappa shape index (κ2) is 4.18. The first-order chi connectivity index (χ1) is 7.58. The van der Waals surface area contributed by atoms with Crippen LogP contribution in [0.1, 0.15) is 11.1 Å². The largest absolute Gasteiger partial charge is 0.398 e. The van der Waals surface area contributed by atoms with Crippen LogP contribution in [0.3, 0.4) is 0 Å². The van der Waals surface area contributed by atoms with E-state index in [-0.39, 0.29) is 0 Å². The number of hydrogen-bond acceptors (Lipinski definition) is 1. The molecule has 1 nitrogen and oxygen atoms in total. The van der Waals surface area contributed by atoms with Crippen molar-refractivity contribution in [3.05, 3.63) is 52.5 Å². The SMILES string of the molecule is Cc1cc(-c2ccc(Cl)cc2)cc(N)c1C. The van der Waals surface area contributed by atoms with E-state index in [0.29, 0.717) is 0 Å². The number of nitrogens with two attached hydrogens (primary N) is 1. The third-order valence-electron chi connectivity index (χ3n) is 2.89. The number of hydrogen-bond donors (Lipinski definition) is 1. The molecule has 0 aliphatic carbocycles. The molecular weight excluding hydrogens is 218 g/mol. The van der Waals surface area contributed by atoms with Crippen molar-refractivity contribution in [2.45, 2.75) is 13.8 Å². The lowest BCUT2D eigenvalue weighted by molar-refractivity contribution is 1.34. The molecule has 0 fully saturated rings. The van der Waals surface area contributed by atoms with Gasteiger partial charge >= 0.3 is 0 Å². The molecule has 0 aliphatic heterocycles. The molecular formula is C14H14ClN. The van der Waals surface area contributed by atoms with Crippen LogP contribution in [0.15, 0.2) is 36.4 Å². The zero-order chi connectivity index (χ0) is 11.7. The third kappa shape index (κ3) is 2.05. The number of benzene rings is 2. The van der Waals surface area contributed by atoms with Gasteiger partial charge in [0, 0.05) is 10.7 Å². The van der Waals surface area contributed by atoms with Gasteiger partial charge < -0.3 is 5.73 Å². The fourth-order valence-corrected chi connectivity index (χ4v) is 1.82. The molecule has 0 saturated heterocycles. The summed E-state index contributed by atoms with van der Waals surface area (Å²) in [7, 11) is 0. The van der Waals surface area contributed by atoms with Gasteiger partial charge in [-0.1, -0.05) is 29.8 Å². The Bertz CT molecular complexity index is 492. The molecule has 0 aliphatic rings. The van der Waals surface area contributed by atoms with E-state index in [1.807, 2.05) is 37.3 Å². The first-order valence-electron chi connectivity index (χ1n) is 5.20. The molecule has 0 heterocycles. The van der Waals surface area contributed by atoms with E-state index in [9.17, 15) is 0 Å². The van der Waals surface area contributed by atoms with Crippen LogP contribution >= 0.6 is 11.6 Å². The minimum atomic E-state index is 0.751. The first kappa shape index (κ1) is 11.0. The maximum absolute atomic E-state index is 5.96. The summed E-state index contributed by atoms with van der Waals surface area (Å²) < 4.78 is 0. The van der Waals surface area contributed by atoms with Crippen molar-refractivity contribution >= 4 is 17.3 Å². The van der Waals surface area contributed by atoms with E-state index in [4.69, 9.17) is 17.3 Å². The highest BCUT2D eigenvalue weighted by molar-refractivity contribution is 6.30. The molecule has 0 unspecified atom stereocenters. The molecule has 0 amide bonds. The van der Waals surface area contributed by atoms with Gasteiger partial charge in [0.25, 0.3) is 0 Å². The molecule has 2 N–H and O–H groups in total. The Hall–Kier alpha value is -1.47. The van der Waals surface area contributed by atoms with Gasteiger partial charge in [0.15, 0.2) is 0 Å². The van der Waals surface area contributed by atoms with Crippen molar-refractivity contribution in [2.75, 3.05) is 5.73 Å². The van der Waals surface area contributed by atoms with Crippen molar-refractivity contribution in [1.82, 2.24) is 0 Å². The molecule has 2 aromatic rings. The molecule has 0 aromatic heterocycles. The van der Waals surface area contributed by atoms with Crippen molar-refractivity contribution in [1.29, 1.82) is 0 Å². The van der Waals surface area contributed by atoms with Crippen LogP contribution in [0.4, 0.5) is 5.69 Å². The molecule has 0 bridgehead atoms. The Morgan fingerprint density at radius 2 is 1.56 bits per heavy atom. The van der Waals surface area contributed by atoms with Crippen LogP contribution in [0, 0.1) is 13.8 Å². The van der Waals surface area contributed by atoms with Gasteiger partial charge in [-0.15, -0.1) is 0 Å². The molecule has 0 radical (unpaired) electrons. The van der Waals surface area contributed by atoms with Crippen LogP contribution in [0.5, 0.6) is 0 Å². The lowest BCUT2D eigenvalue weighted by atomic mass is 9.99. The third-order valence-corrected chi connectivity index (χ3v) is 3.14. The van der Waals surface area contributed by atoms with Gasteiger partial charge in [-0.25, -0.2) is 0 Å². The predicted octanol–water partition coefficient (Wildman–Crippen LogP) is 4.21. The number of rotatable bonds is 1. The van der Waals surface area contributed by atoms with E-state index in [1.54, 1.807) is 0 Å². The summed E-state index contributed by atoms with van der Waals surface area (Å²) >= 11 is 5.86. The first-order valence-corrected chi connectivity index (χ1v) is 5.58. The normalized spacial score (nSPS) is 10.4. The molecule has 16 heavy (non-hydrogen) atoms. The minimum Gasteiger partial charge on any atom is -0.398 e. The summed E-state index contributed by atoms with van der Waals surface area (Å²) in [6.45, 7) is 4.11. The van der Waals surface area contributed by atoms with Crippen molar-refractivity contribution in [3.63, 3.8) is 0 Å². The number of halogens is 1. The zero-order valence-electron chi connectivity index (χ0n) is 9.42. The Labute approximate surface area is 101 Å². The van der Waals surface area contributed by atoms with Crippen LogP contribution in [-0.4, -0.2) is 0 Å². The van der Waals surface area contributed by atoms with Crippen LogP contribution < -0.4 is 5.73 Å². The Morgan fingerprint density at radius 1 is 0.938 bits per heavy atom. The van der Waals surface area contributed by atoms with E-state index in [0.717, 1.165) is 27.4 Å². The van der Waals surface area contributed by atoms with Crippen LogP contribution in [0.2, 0.25) is 5.02 Å². The van der Waals surface area contributed by atoms with E-state index >= 15 is 0 Å². The van der Waals surface area contributed by atoms with Crippen LogP contribution in [-0.2, 0) is 0 Å². The number of aryl methyl sites for hydroxylation is 1. The highest BCUT2D eigenvalue weighted by Crippen LogP contribution is 2.27. The maximum Gasteiger partial charge on any atom is 0.0406 e. The topological polar surface area (TPSA) is 26.0 Å². The van der Waals surface area contributed by atoms with E-state index in [2.05, 4.69) is 13.0 Å². The number of nitrogen functional groups attached to an aromatic ring is 1. The van der Waals surface area contributed by atoms with Crippen molar-refractivity contribution in [2.24, 2.45) is 0 Å². The maximum atomic E-state index is 5.96. The Morgan fingerprint density at radius 3 is 2.12 bits per heavy atom. The lowest BCUT2D eigenvalue weighted by Crippen LogP contribution is -1.93. The summed E-state index contributed by atoms with van der Waals surface area (Å²) in [5, 5.41) is 0.751. The quantitative estimate of drug-likeness (QED) is 0.732. The predicted molar refractivity (Wildman–Crippen MR) is 70.8 cm³/mol. The van der Waals surface area contributed by atoms with Gasteiger partial charge in [0.1, 0.15) is 0 Å². The van der Waals surface area contributed by atoms with E-state index < -0.39 is 0 Å². The van der Waals surface area contributed by atoms with Gasteiger partial charge in [-0.05, 0) is 54.3 Å². The molecule has 2 heteroatoms. The standard InChI is InChI=1S/C14H14ClN/c1-9-7-12(8-14(16)10(9)2)11-3-5-13(15)6-4-11/h3-8H,16H2,1-2H3. The van der Waals surface area contributed by atoms with Crippen molar-refractivity contribution in [3.8, 4) is 11.1 Å². The molecule has 2 aromatic carbocycles. The van der Waals surface area contributed by atoms with Gasteiger partial charge in [-0.3, -0.25) is 0 Å². The highest BCUT2D eigenvalue weighted by atomic mass is 35.5. The fraction of sp³-hybridized carbons (Fsp3) is 0.143. The lowest BCUT2D eigenvalue weighted by Gasteiger charge is -2.09. The Balaban J connectivity index is 2.52. The Kier molecular flexibility index (Phi) is 2.88. The second-order valence-corrected chi connectivity index (χ2v) is 4.45.